The van der Waals surface area contributed by atoms with E-state index in [1.807, 2.05) is 13.8 Å². The minimum atomic E-state index is -0.276. The van der Waals surface area contributed by atoms with E-state index in [0.29, 0.717) is 24.0 Å². The van der Waals surface area contributed by atoms with Crippen LogP contribution < -0.4 is 0 Å². The van der Waals surface area contributed by atoms with E-state index in [0.717, 1.165) is 36.7 Å². The van der Waals surface area contributed by atoms with Gasteiger partial charge in [-0.1, -0.05) is 51.3 Å². The van der Waals surface area contributed by atoms with Crippen LogP contribution in [-0.2, 0) is 19.1 Å². The molecule has 2 aliphatic heterocycles. The van der Waals surface area contributed by atoms with E-state index >= 15 is 0 Å². The van der Waals surface area contributed by atoms with Gasteiger partial charge in [0.05, 0.1) is 12.0 Å². The van der Waals surface area contributed by atoms with Crippen molar-refractivity contribution in [3.8, 4) is 0 Å². The van der Waals surface area contributed by atoms with Crippen LogP contribution >= 0.6 is 0 Å². The van der Waals surface area contributed by atoms with Gasteiger partial charge in [-0.05, 0) is 25.0 Å². The number of carbonyl (C=O) groups excluding carboxylic acids is 2. The third-order valence-electron chi connectivity index (χ3n) is 5.03. The Kier molecular flexibility index (Phi) is 7.50. The standard InChI is InChI=1S/C22H28B2O4/c1-13(7-9-17(5)23-19-11-15(3)21(25)27-19)14(2)8-10-18(6)24-20-12-16(4)22(26)28-20/h7-10,19-20,23-24H,3-4,11-12H2,1-2,5-6H3/b13-7+,14-8+,17-9+,18-10+. The van der Waals surface area contributed by atoms with Gasteiger partial charge in [-0.2, -0.15) is 0 Å². The summed E-state index contributed by atoms with van der Waals surface area (Å²) in [5.41, 5.74) is 5.77. The number of esters is 2. The Morgan fingerprint density at radius 3 is 1.43 bits per heavy atom. The Morgan fingerprint density at radius 2 is 1.14 bits per heavy atom. The van der Waals surface area contributed by atoms with Crippen molar-refractivity contribution in [3.05, 3.63) is 70.7 Å². The van der Waals surface area contributed by atoms with Crippen molar-refractivity contribution in [2.75, 3.05) is 0 Å². The highest BCUT2D eigenvalue weighted by Gasteiger charge is 2.28. The highest BCUT2D eigenvalue weighted by atomic mass is 16.6. The van der Waals surface area contributed by atoms with E-state index in [9.17, 15) is 9.59 Å². The molecule has 0 aromatic carbocycles. The van der Waals surface area contributed by atoms with E-state index in [2.05, 4.69) is 51.3 Å². The predicted molar refractivity (Wildman–Crippen MR) is 117 cm³/mol. The lowest BCUT2D eigenvalue weighted by molar-refractivity contribution is -0.137. The van der Waals surface area contributed by atoms with Gasteiger partial charge in [0.2, 0.25) is 14.6 Å². The molecule has 0 spiro atoms. The van der Waals surface area contributed by atoms with Crippen LogP contribution in [0.2, 0.25) is 0 Å². The van der Waals surface area contributed by atoms with Crippen LogP contribution in [0, 0.1) is 0 Å². The molecule has 28 heavy (non-hydrogen) atoms. The summed E-state index contributed by atoms with van der Waals surface area (Å²) in [6.45, 7) is 15.7. The molecule has 0 amide bonds. The lowest BCUT2D eigenvalue weighted by Gasteiger charge is -2.07. The van der Waals surface area contributed by atoms with Crippen LogP contribution in [0.15, 0.2) is 70.7 Å². The molecule has 0 saturated carbocycles. The molecule has 6 heteroatoms. The number of ether oxygens (including phenoxy) is 2. The fourth-order valence-corrected chi connectivity index (χ4v) is 3.15. The summed E-state index contributed by atoms with van der Waals surface area (Å²) in [6.07, 6.45) is 9.53. The molecule has 2 aliphatic rings. The molecule has 146 valence electrons. The summed E-state index contributed by atoms with van der Waals surface area (Å²) in [4.78, 5) is 22.8. The number of carbonyl (C=O) groups is 2. The zero-order valence-corrected chi connectivity index (χ0v) is 17.3. The van der Waals surface area contributed by atoms with Crippen molar-refractivity contribution in [2.24, 2.45) is 0 Å². The summed E-state index contributed by atoms with van der Waals surface area (Å²) >= 11 is 0. The van der Waals surface area contributed by atoms with E-state index < -0.39 is 0 Å². The predicted octanol–water partition coefficient (Wildman–Crippen LogP) is 3.22. The molecule has 2 fully saturated rings. The van der Waals surface area contributed by atoms with Crippen molar-refractivity contribution in [1.29, 1.82) is 0 Å². The quantitative estimate of drug-likeness (QED) is 0.296. The van der Waals surface area contributed by atoms with E-state index in [4.69, 9.17) is 9.47 Å². The van der Waals surface area contributed by atoms with Crippen LogP contribution in [0.5, 0.6) is 0 Å². The smallest absolute Gasteiger partial charge is 0.333 e. The van der Waals surface area contributed by atoms with Crippen LogP contribution in [-0.4, -0.2) is 38.5 Å². The maximum atomic E-state index is 11.4. The van der Waals surface area contributed by atoms with Gasteiger partial charge in [-0.15, -0.1) is 10.9 Å². The monoisotopic (exact) mass is 378 g/mol. The highest BCUT2D eigenvalue weighted by Crippen LogP contribution is 2.20. The summed E-state index contributed by atoms with van der Waals surface area (Å²) in [6, 6.07) is -0.180. The second-order valence-corrected chi connectivity index (χ2v) is 7.80. The van der Waals surface area contributed by atoms with Crippen molar-refractivity contribution in [1.82, 2.24) is 0 Å². The average Bonchev–Trinajstić information content (AvgIpc) is 3.10. The fraction of sp³-hybridized carbons (Fsp3) is 0.364. The number of hydrogen-bond acceptors (Lipinski definition) is 4. The van der Waals surface area contributed by atoms with Gasteiger partial charge in [-0.25, -0.2) is 9.59 Å². The molecule has 2 heterocycles. The molecular formula is C22H28B2O4. The average molecular weight is 378 g/mol. The first kappa shape index (κ1) is 21.8. The Balaban J connectivity index is 1.89. The van der Waals surface area contributed by atoms with E-state index in [1.54, 1.807) is 0 Å². The van der Waals surface area contributed by atoms with Crippen LogP contribution in [0.1, 0.15) is 40.5 Å². The van der Waals surface area contributed by atoms with Crippen LogP contribution in [0.3, 0.4) is 0 Å². The number of cyclic esters (lactones) is 2. The molecule has 0 aliphatic carbocycles. The molecule has 2 unspecified atom stereocenters. The first-order valence-electron chi connectivity index (χ1n) is 9.61. The Labute approximate surface area is 169 Å². The Hall–Kier alpha value is -2.49. The second kappa shape index (κ2) is 9.63. The largest absolute Gasteiger partial charge is 0.468 e. The molecule has 0 radical (unpaired) electrons. The molecule has 0 aromatic heterocycles. The fourth-order valence-electron chi connectivity index (χ4n) is 3.15. The maximum Gasteiger partial charge on any atom is 0.333 e. The Bertz CT molecular complexity index is 714. The topological polar surface area (TPSA) is 52.6 Å². The SMILES string of the molecule is C=C1CC(B/C(C)=C/C=C(C)/C(C)=C/C=C(\C)BC2CC(=C)C(=O)O2)OC1=O. The third-order valence-corrected chi connectivity index (χ3v) is 5.03. The summed E-state index contributed by atoms with van der Waals surface area (Å²) in [7, 11) is 1.45. The first-order chi connectivity index (χ1) is 13.2. The van der Waals surface area contributed by atoms with Gasteiger partial charge in [0.1, 0.15) is 0 Å². The first-order valence-corrected chi connectivity index (χ1v) is 9.61. The van der Waals surface area contributed by atoms with Gasteiger partial charge in [0.15, 0.2) is 0 Å². The van der Waals surface area contributed by atoms with Crippen LogP contribution in [0.25, 0.3) is 0 Å². The molecular weight excluding hydrogens is 350 g/mol. The van der Waals surface area contributed by atoms with Gasteiger partial charge in [-0.3, -0.25) is 0 Å². The van der Waals surface area contributed by atoms with Gasteiger partial charge in [0, 0.05) is 24.0 Å². The van der Waals surface area contributed by atoms with Gasteiger partial charge in [0.25, 0.3) is 0 Å². The van der Waals surface area contributed by atoms with Crippen molar-refractivity contribution < 1.29 is 19.1 Å². The summed E-state index contributed by atoms with van der Waals surface area (Å²) in [5, 5.41) is 0. The zero-order valence-electron chi connectivity index (χ0n) is 17.3. The lowest BCUT2D eigenvalue weighted by atomic mass is 9.63. The molecule has 4 nitrogen and oxygen atoms in total. The zero-order chi connectivity index (χ0) is 20.8. The molecule has 2 atom stereocenters. The van der Waals surface area contributed by atoms with Gasteiger partial charge < -0.3 is 9.47 Å². The number of rotatable bonds is 7. The molecule has 2 saturated heterocycles. The van der Waals surface area contributed by atoms with Crippen molar-refractivity contribution in [3.63, 3.8) is 0 Å². The van der Waals surface area contributed by atoms with E-state index in [-0.39, 0.29) is 23.9 Å². The number of hydrogen-bond donors (Lipinski definition) is 0. The normalized spacial score (nSPS) is 24.4. The Morgan fingerprint density at radius 1 is 0.786 bits per heavy atom. The van der Waals surface area contributed by atoms with Crippen molar-refractivity contribution in [2.45, 2.75) is 52.5 Å². The van der Waals surface area contributed by atoms with Crippen LogP contribution in [0.4, 0.5) is 0 Å². The minimum Gasteiger partial charge on any atom is -0.468 e. The molecule has 0 N–H and O–H groups in total. The summed E-state index contributed by atoms with van der Waals surface area (Å²) in [5.74, 6) is -0.552. The minimum absolute atomic E-state index is 0.0899. The highest BCUT2D eigenvalue weighted by molar-refractivity contribution is 6.47. The molecule has 2 rings (SSSR count). The van der Waals surface area contributed by atoms with Gasteiger partial charge >= 0.3 is 11.9 Å². The maximum absolute atomic E-state index is 11.4. The second-order valence-electron chi connectivity index (χ2n) is 7.80. The third kappa shape index (κ3) is 6.29. The molecule has 0 bridgehead atoms. The van der Waals surface area contributed by atoms with Crippen molar-refractivity contribution >= 4 is 26.5 Å². The molecule has 0 aromatic rings. The van der Waals surface area contributed by atoms with E-state index in [1.165, 1.54) is 0 Å². The lowest BCUT2D eigenvalue weighted by Crippen LogP contribution is -2.17. The summed E-state index contributed by atoms with van der Waals surface area (Å²) < 4.78 is 10.6. The number of allylic oxidation sites excluding steroid dienone is 8.